The van der Waals surface area contributed by atoms with E-state index in [4.69, 9.17) is 0 Å². The molecule has 2 heteroatoms. The third-order valence-corrected chi connectivity index (χ3v) is 5.05. The summed E-state index contributed by atoms with van der Waals surface area (Å²) in [5.74, 6) is 1.85. The van der Waals surface area contributed by atoms with Crippen LogP contribution in [0.15, 0.2) is 0 Å². The lowest BCUT2D eigenvalue weighted by Crippen LogP contribution is -2.43. The lowest BCUT2D eigenvalue weighted by molar-refractivity contribution is 0.215. The van der Waals surface area contributed by atoms with E-state index in [1.165, 1.54) is 64.6 Å². The number of rotatable bonds is 6. The van der Waals surface area contributed by atoms with Crippen LogP contribution in [-0.4, -0.2) is 36.6 Å². The number of hydrogen-bond acceptors (Lipinski definition) is 2. The number of hydrogen-bond donors (Lipinski definition) is 1. The average molecular weight is 266 g/mol. The quantitative estimate of drug-likeness (QED) is 0.789. The van der Waals surface area contributed by atoms with Crippen molar-refractivity contribution in [2.75, 3.05) is 19.6 Å². The molecule has 2 rings (SSSR count). The summed E-state index contributed by atoms with van der Waals surface area (Å²) >= 11 is 0. The highest BCUT2D eigenvalue weighted by molar-refractivity contribution is 4.81. The van der Waals surface area contributed by atoms with Crippen LogP contribution in [0, 0.1) is 11.8 Å². The molecule has 2 aliphatic rings. The van der Waals surface area contributed by atoms with Gasteiger partial charge in [0.05, 0.1) is 0 Å². The van der Waals surface area contributed by atoms with E-state index >= 15 is 0 Å². The molecule has 3 unspecified atom stereocenters. The van der Waals surface area contributed by atoms with E-state index in [9.17, 15) is 0 Å². The molecule has 0 radical (unpaired) electrons. The Morgan fingerprint density at radius 1 is 1.05 bits per heavy atom. The maximum atomic E-state index is 3.86. The summed E-state index contributed by atoms with van der Waals surface area (Å²) < 4.78 is 0. The molecule has 3 atom stereocenters. The molecule has 0 bridgehead atoms. The Bertz CT molecular complexity index is 246. The molecule has 1 N–H and O–H groups in total. The van der Waals surface area contributed by atoms with Gasteiger partial charge in [0.1, 0.15) is 0 Å². The lowest BCUT2D eigenvalue weighted by Gasteiger charge is -2.33. The summed E-state index contributed by atoms with van der Waals surface area (Å²) in [5.41, 5.74) is 0. The lowest BCUT2D eigenvalue weighted by atomic mass is 9.81. The standard InChI is InChI=1S/C17H34N2/c1-14(2)11-16-7-6-8-17(12-16)18-13-15(3)19-9-4-5-10-19/h14-18H,4-13H2,1-3H3. The Hall–Kier alpha value is -0.0800. The predicted octanol–water partition coefficient (Wildman–Crippen LogP) is 3.67. The average Bonchev–Trinajstić information content (AvgIpc) is 2.89. The maximum absolute atomic E-state index is 3.86. The van der Waals surface area contributed by atoms with Gasteiger partial charge in [-0.05, 0) is 64.0 Å². The van der Waals surface area contributed by atoms with Gasteiger partial charge in [0.2, 0.25) is 0 Å². The van der Waals surface area contributed by atoms with Crippen molar-refractivity contribution in [2.45, 2.75) is 77.8 Å². The second-order valence-electron chi connectivity index (χ2n) is 7.36. The van der Waals surface area contributed by atoms with Crippen LogP contribution >= 0.6 is 0 Å². The van der Waals surface area contributed by atoms with Crippen LogP contribution in [0.25, 0.3) is 0 Å². The molecule has 2 fully saturated rings. The fraction of sp³-hybridized carbons (Fsp3) is 1.00. The van der Waals surface area contributed by atoms with Crippen LogP contribution in [0.1, 0.15) is 65.7 Å². The zero-order chi connectivity index (χ0) is 13.7. The van der Waals surface area contributed by atoms with Crippen LogP contribution in [0.5, 0.6) is 0 Å². The van der Waals surface area contributed by atoms with Crippen LogP contribution < -0.4 is 5.32 Å². The van der Waals surface area contributed by atoms with Crippen molar-refractivity contribution in [3.8, 4) is 0 Å². The zero-order valence-electron chi connectivity index (χ0n) is 13.3. The van der Waals surface area contributed by atoms with Gasteiger partial charge in [0, 0.05) is 18.6 Å². The molecule has 0 aromatic carbocycles. The molecule has 112 valence electrons. The summed E-state index contributed by atoms with van der Waals surface area (Å²) in [6.07, 6.45) is 9.98. The third-order valence-electron chi connectivity index (χ3n) is 5.05. The van der Waals surface area contributed by atoms with E-state index in [1.54, 1.807) is 0 Å². The third kappa shape index (κ3) is 5.07. The molecule has 0 aromatic rings. The first-order valence-electron chi connectivity index (χ1n) is 8.62. The monoisotopic (exact) mass is 266 g/mol. The minimum Gasteiger partial charge on any atom is -0.312 e. The van der Waals surface area contributed by atoms with Crippen molar-refractivity contribution in [2.24, 2.45) is 11.8 Å². The smallest absolute Gasteiger partial charge is 0.0192 e. The van der Waals surface area contributed by atoms with Gasteiger partial charge in [-0.1, -0.05) is 26.7 Å². The molecule has 2 nitrogen and oxygen atoms in total. The summed E-state index contributed by atoms with van der Waals surface area (Å²) in [5, 5.41) is 3.86. The van der Waals surface area contributed by atoms with E-state index in [1.807, 2.05) is 0 Å². The molecule has 1 saturated heterocycles. The first-order valence-corrected chi connectivity index (χ1v) is 8.62. The first kappa shape index (κ1) is 15.3. The molecule has 1 aliphatic heterocycles. The summed E-state index contributed by atoms with van der Waals surface area (Å²) in [7, 11) is 0. The normalized spacial score (nSPS) is 30.9. The van der Waals surface area contributed by atoms with Crippen molar-refractivity contribution >= 4 is 0 Å². The van der Waals surface area contributed by atoms with Crippen molar-refractivity contribution in [3.05, 3.63) is 0 Å². The van der Waals surface area contributed by atoms with Gasteiger partial charge < -0.3 is 5.32 Å². The predicted molar refractivity (Wildman–Crippen MR) is 83.5 cm³/mol. The van der Waals surface area contributed by atoms with E-state index < -0.39 is 0 Å². The Balaban J connectivity index is 1.67. The first-order chi connectivity index (χ1) is 9.15. The minimum atomic E-state index is 0.730. The molecule has 0 aromatic heterocycles. The van der Waals surface area contributed by atoms with Crippen LogP contribution in [0.4, 0.5) is 0 Å². The number of likely N-dealkylation sites (tertiary alicyclic amines) is 1. The fourth-order valence-corrected chi connectivity index (χ4v) is 4.01. The van der Waals surface area contributed by atoms with Crippen molar-refractivity contribution in [1.29, 1.82) is 0 Å². The second-order valence-corrected chi connectivity index (χ2v) is 7.36. The van der Waals surface area contributed by atoms with Crippen molar-refractivity contribution in [3.63, 3.8) is 0 Å². The van der Waals surface area contributed by atoms with Crippen LogP contribution in [-0.2, 0) is 0 Å². The van der Waals surface area contributed by atoms with E-state index in [-0.39, 0.29) is 0 Å². The molecule has 1 aliphatic carbocycles. The summed E-state index contributed by atoms with van der Waals surface area (Å²) in [6, 6.07) is 1.52. The highest BCUT2D eigenvalue weighted by atomic mass is 15.2. The Labute approximate surface area is 120 Å². The molecule has 0 amide bonds. The van der Waals surface area contributed by atoms with Gasteiger partial charge in [0.25, 0.3) is 0 Å². The second kappa shape index (κ2) is 7.64. The number of nitrogens with zero attached hydrogens (tertiary/aromatic N) is 1. The van der Waals surface area contributed by atoms with E-state index in [0.29, 0.717) is 0 Å². The van der Waals surface area contributed by atoms with E-state index in [2.05, 4.69) is 31.0 Å². The van der Waals surface area contributed by atoms with E-state index in [0.717, 1.165) is 23.9 Å². The number of nitrogens with one attached hydrogen (secondary N) is 1. The molecule has 19 heavy (non-hydrogen) atoms. The highest BCUT2D eigenvalue weighted by Crippen LogP contribution is 2.29. The summed E-state index contributed by atoms with van der Waals surface area (Å²) in [6.45, 7) is 11.0. The van der Waals surface area contributed by atoms with Gasteiger partial charge >= 0.3 is 0 Å². The molecular formula is C17H34N2. The summed E-state index contributed by atoms with van der Waals surface area (Å²) in [4.78, 5) is 2.65. The van der Waals surface area contributed by atoms with Gasteiger partial charge in [-0.25, -0.2) is 0 Å². The molecular weight excluding hydrogens is 232 g/mol. The Morgan fingerprint density at radius 3 is 2.47 bits per heavy atom. The maximum Gasteiger partial charge on any atom is 0.0192 e. The SMILES string of the molecule is CC(C)CC1CCCC(NCC(C)N2CCCC2)C1. The van der Waals surface area contributed by atoms with Gasteiger partial charge in [-0.15, -0.1) is 0 Å². The topological polar surface area (TPSA) is 15.3 Å². The Kier molecular flexibility index (Phi) is 6.15. The molecule has 1 saturated carbocycles. The zero-order valence-corrected chi connectivity index (χ0v) is 13.3. The highest BCUT2D eigenvalue weighted by Gasteiger charge is 2.24. The van der Waals surface area contributed by atoms with Crippen molar-refractivity contribution < 1.29 is 0 Å². The Morgan fingerprint density at radius 2 is 1.79 bits per heavy atom. The molecule has 1 heterocycles. The fourth-order valence-electron chi connectivity index (χ4n) is 4.01. The van der Waals surface area contributed by atoms with Crippen LogP contribution in [0.2, 0.25) is 0 Å². The van der Waals surface area contributed by atoms with Gasteiger partial charge in [-0.2, -0.15) is 0 Å². The van der Waals surface area contributed by atoms with Gasteiger partial charge in [-0.3, -0.25) is 4.90 Å². The largest absolute Gasteiger partial charge is 0.312 e. The molecule has 0 spiro atoms. The van der Waals surface area contributed by atoms with Crippen molar-refractivity contribution in [1.82, 2.24) is 10.2 Å². The van der Waals surface area contributed by atoms with Gasteiger partial charge in [0.15, 0.2) is 0 Å². The minimum absolute atomic E-state index is 0.730. The van der Waals surface area contributed by atoms with Crippen LogP contribution in [0.3, 0.4) is 0 Å².